The molecule has 0 aromatic carbocycles. The second-order valence-corrected chi connectivity index (χ2v) is 3.44. The van der Waals surface area contributed by atoms with E-state index >= 15 is 0 Å². The zero-order valence-corrected chi connectivity index (χ0v) is 8.38. The van der Waals surface area contributed by atoms with Crippen molar-refractivity contribution >= 4 is 11.9 Å². The molecule has 76 valence electrons. The Hall–Kier alpha value is -1.10. The minimum atomic E-state index is -0.984. The van der Waals surface area contributed by atoms with Crippen LogP contribution in [0.4, 0.5) is 0 Å². The van der Waals surface area contributed by atoms with Gasteiger partial charge < -0.3 is 15.8 Å². The van der Waals surface area contributed by atoms with Crippen molar-refractivity contribution in [3.05, 3.63) is 0 Å². The molecule has 0 aliphatic carbocycles. The molecule has 0 aliphatic heterocycles. The first-order valence-electron chi connectivity index (χ1n) is 3.96. The van der Waals surface area contributed by atoms with E-state index < -0.39 is 17.6 Å². The summed E-state index contributed by atoms with van der Waals surface area (Å²) in [6, 6.07) is -0.666. The summed E-state index contributed by atoms with van der Waals surface area (Å²) >= 11 is 0. The van der Waals surface area contributed by atoms with Gasteiger partial charge in [0.25, 0.3) is 0 Å². The summed E-state index contributed by atoms with van der Waals surface area (Å²) in [5.74, 6) is -0.872. The number of hydrogen-bond acceptors (Lipinski definition) is 4. The number of carbonyl (C=O) groups is 2. The minimum absolute atomic E-state index is 0.384. The molecule has 0 fully saturated rings. The molecule has 1 unspecified atom stereocenters. The van der Waals surface area contributed by atoms with Crippen molar-refractivity contribution in [2.24, 2.45) is 5.73 Å². The van der Waals surface area contributed by atoms with Crippen molar-refractivity contribution in [3.8, 4) is 0 Å². The third kappa shape index (κ3) is 3.89. The third-order valence-electron chi connectivity index (χ3n) is 1.49. The molecule has 3 N–H and O–H groups in total. The first-order valence-corrected chi connectivity index (χ1v) is 3.96. The fourth-order valence-corrected chi connectivity index (χ4v) is 0.618. The Morgan fingerprint density at radius 3 is 2.23 bits per heavy atom. The van der Waals surface area contributed by atoms with E-state index in [2.05, 4.69) is 10.1 Å². The molecule has 13 heavy (non-hydrogen) atoms. The van der Waals surface area contributed by atoms with Crippen LogP contribution >= 0.6 is 0 Å². The van der Waals surface area contributed by atoms with Crippen LogP contribution in [0, 0.1) is 0 Å². The van der Waals surface area contributed by atoms with E-state index in [9.17, 15) is 9.59 Å². The first-order chi connectivity index (χ1) is 5.79. The van der Waals surface area contributed by atoms with Crippen molar-refractivity contribution < 1.29 is 14.3 Å². The average Bonchev–Trinajstić information content (AvgIpc) is 2.01. The summed E-state index contributed by atoms with van der Waals surface area (Å²) < 4.78 is 4.43. The van der Waals surface area contributed by atoms with Crippen LogP contribution in [0.2, 0.25) is 0 Å². The lowest BCUT2D eigenvalue weighted by molar-refractivity contribution is -0.145. The summed E-state index contributed by atoms with van der Waals surface area (Å²) in [4.78, 5) is 22.1. The minimum Gasteiger partial charge on any atom is -0.467 e. The lowest BCUT2D eigenvalue weighted by atomic mass is 10.1. The zero-order valence-electron chi connectivity index (χ0n) is 8.38. The molecular weight excluding hydrogens is 172 g/mol. The second-order valence-electron chi connectivity index (χ2n) is 3.44. The quantitative estimate of drug-likeness (QED) is 0.579. The molecule has 0 aromatic rings. The van der Waals surface area contributed by atoms with Gasteiger partial charge in [-0.15, -0.1) is 0 Å². The van der Waals surface area contributed by atoms with Gasteiger partial charge in [0.05, 0.1) is 12.6 Å². The van der Waals surface area contributed by atoms with E-state index in [4.69, 9.17) is 5.73 Å². The molecule has 0 aromatic heterocycles. The van der Waals surface area contributed by atoms with Crippen LogP contribution in [0.5, 0.6) is 0 Å². The monoisotopic (exact) mass is 188 g/mol. The van der Waals surface area contributed by atoms with Crippen molar-refractivity contribution in [2.75, 3.05) is 7.11 Å². The van der Waals surface area contributed by atoms with Crippen molar-refractivity contribution in [2.45, 2.75) is 32.4 Å². The van der Waals surface area contributed by atoms with Gasteiger partial charge in [-0.05, 0) is 20.8 Å². The van der Waals surface area contributed by atoms with Crippen molar-refractivity contribution in [3.63, 3.8) is 0 Å². The highest BCUT2D eigenvalue weighted by molar-refractivity contribution is 5.89. The Kier molecular flexibility index (Phi) is 3.87. The van der Waals surface area contributed by atoms with Gasteiger partial charge in [-0.2, -0.15) is 0 Å². The van der Waals surface area contributed by atoms with Gasteiger partial charge in [-0.3, -0.25) is 4.79 Å². The summed E-state index contributed by atoms with van der Waals surface area (Å²) in [6.45, 7) is 4.66. The topological polar surface area (TPSA) is 81.4 Å². The number of nitrogens with one attached hydrogen (secondary N) is 1. The van der Waals surface area contributed by atoms with Gasteiger partial charge in [0, 0.05) is 0 Å². The fraction of sp³-hybridized carbons (Fsp3) is 0.750. The molecular formula is C8H16N2O3. The lowest BCUT2D eigenvalue weighted by Crippen LogP contribution is -2.53. The Bertz CT molecular complexity index is 208. The predicted molar refractivity (Wildman–Crippen MR) is 47.9 cm³/mol. The molecule has 0 bridgehead atoms. The van der Waals surface area contributed by atoms with Crippen LogP contribution in [-0.4, -0.2) is 30.6 Å². The van der Waals surface area contributed by atoms with E-state index in [1.54, 1.807) is 13.8 Å². The van der Waals surface area contributed by atoms with E-state index in [1.807, 2.05) is 0 Å². The highest BCUT2D eigenvalue weighted by Gasteiger charge is 2.25. The SMILES string of the molecule is COC(=O)C(C)NC(=O)C(C)(C)N. The molecule has 0 spiro atoms. The van der Waals surface area contributed by atoms with Gasteiger partial charge in [-0.1, -0.05) is 0 Å². The second kappa shape index (κ2) is 4.23. The Labute approximate surface area is 77.6 Å². The maximum atomic E-state index is 11.3. The molecule has 1 amide bonds. The number of hydrogen-bond donors (Lipinski definition) is 2. The third-order valence-corrected chi connectivity index (χ3v) is 1.49. The number of amides is 1. The smallest absolute Gasteiger partial charge is 0.328 e. The largest absolute Gasteiger partial charge is 0.467 e. The van der Waals surface area contributed by atoms with Crippen molar-refractivity contribution in [1.82, 2.24) is 5.32 Å². The summed E-state index contributed by atoms with van der Waals surface area (Å²) in [5, 5.41) is 2.43. The highest BCUT2D eigenvalue weighted by atomic mass is 16.5. The number of methoxy groups -OCH3 is 1. The number of esters is 1. The van der Waals surface area contributed by atoms with E-state index in [0.717, 1.165) is 0 Å². The molecule has 0 heterocycles. The van der Waals surface area contributed by atoms with Gasteiger partial charge in [0.15, 0.2) is 0 Å². The number of rotatable bonds is 3. The molecule has 0 saturated carbocycles. The maximum Gasteiger partial charge on any atom is 0.328 e. The van der Waals surface area contributed by atoms with Crippen LogP contribution < -0.4 is 11.1 Å². The number of ether oxygens (including phenoxy) is 1. The van der Waals surface area contributed by atoms with Gasteiger partial charge >= 0.3 is 5.97 Å². The van der Waals surface area contributed by atoms with Crippen LogP contribution in [0.25, 0.3) is 0 Å². The van der Waals surface area contributed by atoms with Gasteiger partial charge in [0.2, 0.25) is 5.91 Å². The Morgan fingerprint density at radius 2 is 1.92 bits per heavy atom. The molecule has 5 heteroatoms. The van der Waals surface area contributed by atoms with Crippen LogP contribution in [-0.2, 0) is 14.3 Å². The van der Waals surface area contributed by atoms with Gasteiger partial charge in [-0.25, -0.2) is 4.79 Å². The van der Waals surface area contributed by atoms with Crippen LogP contribution in [0.1, 0.15) is 20.8 Å². The van der Waals surface area contributed by atoms with Gasteiger partial charge in [0.1, 0.15) is 6.04 Å². The lowest BCUT2D eigenvalue weighted by Gasteiger charge is -2.20. The summed E-state index contributed by atoms with van der Waals surface area (Å²) in [7, 11) is 1.26. The zero-order chi connectivity index (χ0) is 10.6. The first kappa shape index (κ1) is 11.9. The normalized spacial score (nSPS) is 13.3. The Morgan fingerprint density at radius 1 is 1.46 bits per heavy atom. The summed E-state index contributed by atoms with van der Waals surface area (Å²) in [6.07, 6.45) is 0. The fourth-order valence-electron chi connectivity index (χ4n) is 0.618. The van der Waals surface area contributed by atoms with E-state index in [1.165, 1.54) is 14.0 Å². The van der Waals surface area contributed by atoms with E-state index in [0.29, 0.717) is 0 Å². The van der Waals surface area contributed by atoms with Crippen molar-refractivity contribution in [1.29, 1.82) is 0 Å². The summed E-state index contributed by atoms with van der Waals surface area (Å²) in [5.41, 5.74) is 4.52. The Balaban J connectivity index is 4.15. The van der Waals surface area contributed by atoms with Crippen LogP contribution in [0.3, 0.4) is 0 Å². The molecule has 0 aliphatic rings. The standard InChI is InChI=1S/C8H16N2O3/c1-5(6(11)13-4)10-7(12)8(2,3)9/h5H,9H2,1-4H3,(H,10,12). The molecule has 1 atom stereocenters. The molecule has 0 rings (SSSR count). The van der Waals surface area contributed by atoms with E-state index in [-0.39, 0.29) is 5.91 Å². The number of nitrogens with two attached hydrogens (primary N) is 1. The molecule has 0 radical (unpaired) electrons. The molecule has 5 nitrogen and oxygen atoms in total. The highest BCUT2D eigenvalue weighted by Crippen LogP contribution is 1.97. The average molecular weight is 188 g/mol. The molecule has 0 saturated heterocycles. The van der Waals surface area contributed by atoms with Crippen LogP contribution in [0.15, 0.2) is 0 Å². The number of carbonyl (C=O) groups excluding carboxylic acids is 2. The maximum absolute atomic E-state index is 11.3. The predicted octanol–water partition coefficient (Wildman–Crippen LogP) is -0.599.